The van der Waals surface area contributed by atoms with E-state index in [0.29, 0.717) is 5.56 Å². The zero-order valence-corrected chi connectivity index (χ0v) is 12.0. The Labute approximate surface area is 131 Å². The fourth-order valence-corrected chi connectivity index (χ4v) is 1.72. The first kappa shape index (κ1) is 16.2. The third-order valence-electron chi connectivity index (χ3n) is 2.77. The molecule has 0 unspecified atom stereocenters. The van der Waals surface area contributed by atoms with Gasteiger partial charge in [0.25, 0.3) is 11.8 Å². The number of amides is 2. The van der Waals surface area contributed by atoms with Gasteiger partial charge < -0.3 is 10.4 Å². The van der Waals surface area contributed by atoms with Crippen molar-refractivity contribution in [2.24, 2.45) is 5.10 Å². The second-order valence-electron chi connectivity index (χ2n) is 4.58. The number of benzene rings is 2. The van der Waals surface area contributed by atoms with E-state index in [-0.39, 0.29) is 17.9 Å². The van der Waals surface area contributed by atoms with Crippen LogP contribution in [0.15, 0.2) is 53.6 Å². The third kappa shape index (κ3) is 5.24. The van der Waals surface area contributed by atoms with Gasteiger partial charge in [-0.2, -0.15) is 5.10 Å². The molecule has 7 heteroatoms. The minimum atomic E-state index is -0.559. The zero-order valence-electron chi connectivity index (χ0n) is 12.0. The van der Waals surface area contributed by atoms with Crippen LogP contribution in [0.5, 0.6) is 5.75 Å². The van der Waals surface area contributed by atoms with Crippen LogP contribution in [-0.2, 0) is 4.79 Å². The molecule has 0 radical (unpaired) electrons. The van der Waals surface area contributed by atoms with Gasteiger partial charge in [0.2, 0.25) is 0 Å². The van der Waals surface area contributed by atoms with Crippen LogP contribution in [0, 0.1) is 5.82 Å². The Bertz CT molecular complexity index is 747. The normalized spacial score (nSPS) is 10.5. The van der Waals surface area contributed by atoms with Crippen LogP contribution in [-0.4, -0.2) is 29.7 Å². The van der Waals surface area contributed by atoms with Gasteiger partial charge in [-0.05, 0) is 35.9 Å². The van der Waals surface area contributed by atoms with E-state index in [0.717, 1.165) is 6.07 Å². The van der Waals surface area contributed by atoms with E-state index in [4.69, 9.17) is 0 Å². The van der Waals surface area contributed by atoms with Gasteiger partial charge in [0.1, 0.15) is 11.6 Å². The summed E-state index contributed by atoms with van der Waals surface area (Å²) in [6, 6.07) is 11.5. The highest BCUT2D eigenvalue weighted by Crippen LogP contribution is 2.08. The lowest BCUT2D eigenvalue weighted by Gasteiger charge is -2.04. The summed E-state index contributed by atoms with van der Waals surface area (Å²) in [4.78, 5) is 23.2. The van der Waals surface area contributed by atoms with Gasteiger partial charge in [0, 0.05) is 5.56 Å². The first-order chi connectivity index (χ1) is 11.0. The van der Waals surface area contributed by atoms with Crippen LogP contribution in [0.3, 0.4) is 0 Å². The van der Waals surface area contributed by atoms with Crippen molar-refractivity contribution in [3.05, 3.63) is 65.5 Å². The molecule has 0 fully saturated rings. The van der Waals surface area contributed by atoms with E-state index in [2.05, 4.69) is 15.8 Å². The molecule has 0 saturated carbocycles. The van der Waals surface area contributed by atoms with Crippen molar-refractivity contribution in [2.75, 3.05) is 6.54 Å². The van der Waals surface area contributed by atoms with Gasteiger partial charge in [0.15, 0.2) is 0 Å². The summed E-state index contributed by atoms with van der Waals surface area (Å²) in [6.07, 6.45) is 1.35. The molecule has 2 rings (SSSR count). The van der Waals surface area contributed by atoms with Crippen LogP contribution >= 0.6 is 0 Å². The van der Waals surface area contributed by atoms with Crippen molar-refractivity contribution in [1.29, 1.82) is 0 Å². The van der Waals surface area contributed by atoms with Gasteiger partial charge in [-0.3, -0.25) is 9.59 Å². The van der Waals surface area contributed by atoms with Crippen LogP contribution < -0.4 is 10.7 Å². The van der Waals surface area contributed by atoms with E-state index in [1.54, 1.807) is 12.1 Å². The van der Waals surface area contributed by atoms with E-state index in [9.17, 15) is 19.1 Å². The number of nitrogens with one attached hydrogen (secondary N) is 2. The lowest BCUT2D eigenvalue weighted by atomic mass is 10.2. The lowest BCUT2D eigenvalue weighted by molar-refractivity contribution is -0.120. The molecule has 2 aromatic carbocycles. The van der Waals surface area contributed by atoms with Crippen molar-refractivity contribution in [3.63, 3.8) is 0 Å². The van der Waals surface area contributed by atoms with Crippen LogP contribution in [0.25, 0.3) is 0 Å². The molecule has 2 amide bonds. The predicted molar refractivity (Wildman–Crippen MR) is 82.6 cm³/mol. The van der Waals surface area contributed by atoms with Crippen LogP contribution in [0.1, 0.15) is 15.9 Å². The number of halogens is 1. The Balaban J connectivity index is 1.80. The summed E-state index contributed by atoms with van der Waals surface area (Å²) in [5.74, 6) is -1.54. The summed E-state index contributed by atoms with van der Waals surface area (Å²) < 4.78 is 13.0. The average Bonchev–Trinajstić information content (AvgIpc) is 2.52. The van der Waals surface area contributed by atoms with Crippen LogP contribution in [0.4, 0.5) is 4.39 Å². The average molecular weight is 315 g/mol. The molecule has 2 aromatic rings. The quantitative estimate of drug-likeness (QED) is 0.575. The minimum absolute atomic E-state index is 0.0858. The van der Waals surface area contributed by atoms with E-state index < -0.39 is 17.6 Å². The van der Waals surface area contributed by atoms with Gasteiger partial charge in [-0.15, -0.1) is 0 Å². The van der Waals surface area contributed by atoms with Gasteiger partial charge >= 0.3 is 0 Å². The molecule has 0 saturated heterocycles. The topological polar surface area (TPSA) is 90.8 Å². The molecule has 0 spiro atoms. The number of phenolic OH excluding ortho intramolecular Hbond substituents is 1. The predicted octanol–water partition coefficient (Wildman–Crippen LogP) is 1.41. The smallest absolute Gasteiger partial charge is 0.259 e. The highest BCUT2D eigenvalue weighted by molar-refractivity contribution is 5.96. The molecule has 0 heterocycles. The molecule has 0 aliphatic heterocycles. The molecule has 6 nitrogen and oxygen atoms in total. The summed E-state index contributed by atoms with van der Waals surface area (Å²) in [7, 11) is 0. The monoisotopic (exact) mass is 315 g/mol. The van der Waals surface area contributed by atoms with Crippen molar-refractivity contribution < 1.29 is 19.1 Å². The fraction of sp³-hybridized carbons (Fsp3) is 0.0625. The van der Waals surface area contributed by atoms with E-state index >= 15 is 0 Å². The summed E-state index contributed by atoms with van der Waals surface area (Å²) in [6.45, 7) is -0.299. The van der Waals surface area contributed by atoms with Gasteiger partial charge in [-0.1, -0.05) is 18.2 Å². The highest BCUT2D eigenvalue weighted by atomic mass is 19.1. The van der Waals surface area contributed by atoms with E-state index in [1.807, 2.05) is 0 Å². The molecule has 0 atom stereocenters. The number of carbonyl (C=O) groups excluding carboxylic acids is 2. The molecule has 0 aliphatic carbocycles. The van der Waals surface area contributed by atoms with E-state index in [1.165, 1.54) is 36.5 Å². The largest absolute Gasteiger partial charge is 0.508 e. The third-order valence-corrected chi connectivity index (χ3v) is 2.77. The molecule has 0 aromatic heterocycles. The maximum atomic E-state index is 13.0. The number of hydrogen-bond acceptors (Lipinski definition) is 4. The highest BCUT2D eigenvalue weighted by Gasteiger charge is 2.08. The summed E-state index contributed by atoms with van der Waals surface area (Å²) in [5, 5.41) is 15.3. The molecular formula is C16H14FN3O3. The molecule has 0 bridgehead atoms. The number of phenols is 1. The van der Waals surface area contributed by atoms with Crippen molar-refractivity contribution in [1.82, 2.24) is 10.7 Å². The Morgan fingerprint density at radius 2 is 1.96 bits per heavy atom. The molecular weight excluding hydrogens is 301 g/mol. The number of rotatable bonds is 5. The first-order valence-electron chi connectivity index (χ1n) is 6.69. The Hall–Kier alpha value is -3.22. The lowest BCUT2D eigenvalue weighted by Crippen LogP contribution is -2.34. The summed E-state index contributed by atoms with van der Waals surface area (Å²) in [5.41, 5.74) is 2.96. The molecule has 23 heavy (non-hydrogen) atoms. The van der Waals surface area contributed by atoms with Crippen molar-refractivity contribution in [2.45, 2.75) is 0 Å². The molecule has 118 valence electrons. The SMILES string of the molecule is O=C(CNC(=O)c1cccc(F)c1)NN=Cc1cccc(O)c1. The summed E-state index contributed by atoms with van der Waals surface area (Å²) >= 11 is 0. The Kier molecular flexibility index (Phi) is 5.40. The second-order valence-corrected chi connectivity index (χ2v) is 4.58. The molecule has 0 aliphatic rings. The van der Waals surface area contributed by atoms with Crippen molar-refractivity contribution >= 4 is 18.0 Å². The number of carbonyl (C=O) groups is 2. The Morgan fingerprint density at radius 3 is 2.70 bits per heavy atom. The second kappa shape index (κ2) is 7.69. The number of hydrogen-bond donors (Lipinski definition) is 3. The standard InChI is InChI=1S/C16H14FN3O3/c17-13-5-2-4-12(8-13)16(23)18-10-15(22)20-19-9-11-3-1-6-14(21)7-11/h1-9,21H,10H2,(H,18,23)(H,20,22). The first-order valence-corrected chi connectivity index (χ1v) is 6.69. The fourth-order valence-electron chi connectivity index (χ4n) is 1.72. The maximum Gasteiger partial charge on any atom is 0.259 e. The van der Waals surface area contributed by atoms with Crippen LogP contribution in [0.2, 0.25) is 0 Å². The zero-order chi connectivity index (χ0) is 16.7. The minimum Gasteiger partial charge on any atom is -0.508 e. The van der Waals surface area contributed by atoms with Gasteiger partial charge in [-0.25, -0.2) is 9.82 Å². The van der Waals surface area contributed by atoms with Crippen molar-refractivity contribution in [3.8, 4) is 5.75 Å². The van der Waals surface area contributed by atoms with Gasteiger partial charge in [0.05, 0.1) is 12.8 Å². The number of hydrazone groups is 1. The number of aromatic hydroxyl groups is 1. The number of nitrogens with zero attached hydrogens (tertiary/aromatic N) is 1. The molecule has 3 N–H and O–H groups in total. The maximum absolute atomic E-state index is 13.0. The Morgan fingerprint density at radius 1 is 1.17 bits per heavy atom.